The van der Waals surface area contributed by atoms with E-state index in [9.17, 15) is 14.0 Å². The lowest BCUT2D eigenvalue weighted by atomic mass is 10.0. The highest BCUT2D eigenvalue weighted by atomic mass is 19.1. The summed E-state index contributed by atoms with van der Waals surface area (Å²) in [6.45, 7) is 5.55. The molecule has 38 heavy (non-hydrogen) atoms. The van der Waals surface area contributed by atoms with E-state index in [2.05, 4.69) is 15.6 Å². The van der Waals surface area contributed by atoms with Crippen molar-refractivity contribution in [3.63, 3.8) is 0 Å². The average molecular weight is 519 g/mol. The first-order valence-corrected chi connectivity index (χ1v) is 12.9. The van der Waals surface area contributed by atoms with Gasteiger partial charge in [-0.25, -0.2) is 4.39 Å². The highest BCUT2D eigenvalue weighted by Gasteiger charge is 2.18. The highest BCUT2D eigenvalue weighted by molar-refractivity contribution is 6.05. The maximum absolute atomic E-state index is 14.4. The van der Waals surface area contributed by atoms with E-state index < -0.39 is 11.7 Å². The second kappa shape index (κ2) is 11.7. The third-order valence-electron chi connectivity index (χ3n) is 6.84. The van der Waals surface area contributed by atoms with Crippen LogP contribution in [-0.4, -0.2) is 62.4 Å². The average Bonchev–Trinajstić information content (AvgIpc) is 3.47. The van der Waals surface area contributed by atoms with Crippen molar-refractivity contribution < 1.29 is 23.5 Å². The Morgan fingerprint density at radius 1 is 1.03 bits per heavy atom. The predicted octanol–water partition coefficient (Wildman–Crippen LogP) is 4.19. The van der Waals surface area contributed by atoms with Crippen LogP contribution in [0.25, 0.3) is 11.1 Å². The summed E-state index contributed by atoms with van der Waals surface area (Å²) in [6.07, 6.45) is 3.65. The summed E-state index contributed by atoms with van der Waals surface area (Å²) in [4.78, 5) is 32.0. The molecule has 1 aromatic heterocycles. The predicted molar refractivity (Wildman–Crippen MR) is 143 cm³/mol. The number of hydrogen-bond donors (Lipinski definition) is 2. The summed E-state index contributed by atoms with van der Waals surface area (Å²) in [6, 6.07) is 13.4. The molecule has 3 heterocycles. The Labute approximate surface area is 221 Å². The zero-order chi connectivity index (χ0) is 26.5. The number of carbonyl (C=O) groups excluding carboxylic acids is 2. The highest BCUT2D eigenvalue weighted by Crippen LogP contribution is 2.26. The third kappa shape index (κ3) is 6.17. The van der Waals surface area contributed by atoms with Crippen molar-refractivity contribution in [3.8, 4) is 11.1 Å². The smallest absolute Gasteiger partial charge is 0.255 e. The van der Waals surface area contributed by atoms with Gasteiger partial charge in [-0.3, -0.25) is 14.6 Å². The van der Waals surface area contributed by atoms with E-state index in [1.54, 1.807) is 24.4 Å². The molecule has 2 aliphatic heterocycles. The molecule has 198 valence electrons. The number of anilines is 2. The number of rotatable bonds is 7. The van der Waals surface area contributed by atoms with E-state index in [-0.39, 0.29) is 17.6 Å². The molecule has 2 amide bonds. The quantitative estimate of drug-likeness (QED) is 0.487. The lowest BCUT2D eigenvalue weighted by Gasteiger charge is -2.29. The van der Waals surface area contributed by atoms with Crippen molar-refractivity contribution in [2.24, 2.45) is 0 Å². The molecule has 3 aromatic rings. The topological polar surface area (TPSA) is 92.8 Å². The molecule has 0 aliphatic carbocycles. The molecule has 2 saturated heterocycles. The first-order valence-electron chi connectivity index (χ1n) is 12.9. The third-order valence-corrected chi connectivity index (χ3v) is 6.84. The molecule has 2 N–H and O–H groups in total. The molecule has 9 heteroatoms. The SMILES string of the molecule is Cc1ncc(NC(=O)c2cc(F)cc(N3CCOCC3)c2)cc1-c1ccc(C(=O)NCC2CCCO2)cc1. The molecule has 5 rings (SSSR count). The van der Waals surface area contributed by atoms with Crippen LogP contribution in [0.15, 0.2) is 54.7 Å². The van der Waals surface area contributed by atoms with Gasteiger partial charge in [-0.2, -0.15) is 0 Å². The Balaban J connectivity index is 1.28. The summed E-state index contributed by atoms with van der Waals surface area (Å²) in [5, 5.41) is 5.77. The summed E-state index contributed by atoms with van der Waals surface area (Å²) >= 11 is 0. The molecule has 2 aromatic carbocycles. The molecule has 1 unspecified atom stereocenters. The minimum absolute atomic E-state index is 0.0863. The number of aryl methyl sites for hydroxylation is 1. The second-order valence-corrected chi connectivity index (χ2v) is 9.53. The Hall–Kier alpha value is -3.82. The van der Waals surface area contributed by atoms with Crippen molar-refractivity contribution in [1.29, 1.82) is 0 Å². The van der Waals surface area contributed by atoms with Crippen LogP contribution in [0.1, 0.15) is 39.3 Å². The van der Waals surface area contributed by atoms with Crippen molar-refractivity contribution in [2.45, 2.75) is 25.9 Å². The van der Waals surface area contributed by atoms with Crippen LogP contribution in [0.2, 0.25) is 0 Å². The van der Waals surface area contributed by atoms with Crippen LogP contribution in [0.3, 0.4) is 0 Å². The Kier molecular flexibility index (Phi) is 7.95. The number of hydrogen-bond acceptors (Lipinski definition) is 6. The molecule has 8 nitrogen and oxygen atoms in total. The van der Waals surface area contributed by atoms with Crippen LogP contribution in [0.4, 0.5) is 15.8 Å². The summed E-state index contributed by atoms with van der Waals surface area (Å²) in [7, 11) is 0. The number of ether oxygens (including phenoxy) is 2. The molecule has 0 bridgehead atoms. The van der Waals surface area contributed by atoms with Crippen molar-refractivity contribution in [2.75, 3.05) is 49.7 Å². The number of carbonyl (C=O) groups is 2. The van der Waals surface area contributed by atoms with E-state index in [0.29, 0.717) is 49.8 Å². The lowest BCUT2D eigenvalue weighted by molar-refractivity contribution is 0.0857. The summed E-state index contributed by atoms with van der Waals surface area (Å²) < 4.78 is 25.3. The molecular formula is C29H31FN4O4. The van der Waals surface area contributed by atoms with Gasteiger partial charge in [-0.05, 0) is 61.7 Å². The van der Waals surface area contributed by atoms with E-state index in [1.165, 1.54) is 12.1 Å². The van der Waals surface area contributed by atoms with Crippen molar-refractivity contribution >= 4 is 23.2 Å². The minimum Gasteiger partial charge on any atom is -0.378 e. The maximum atomic E-state index is 14.4. The molecule has 2 aliphatic rings. The molecular weight excluding hydrogens is 487 g/mol. The number of aromatic nitrogens is 1. The van der Waals surface area contributed by atoms with Gasteiger partial charge in [0.15, 0.2) is 0 Å². The minimum atomic E-state index is -0.471. The maximum Gasteiger partial charge on any atom is 0.255 e. The van der Waals surface area contributed by atoms with Crippen LogP contribution in [0, 0.1) is 12.7 Å². The Morgan fingerprint density at radius 2 is 1.82 bits per heavy atom. The fourth-order valence-corrected chi connectivity index (χ4v) is 4.72. The van der Waals surface area contributed by atoms with Gasteiger partial charge in [0, 0.05) is 54.3 Å². The van der Waals surface area contributed by atoms with Gasteiger partial charge in [-0.1, -0.05) is 12.1 Å². The molecule has 0 saturated carbocycles. The second-order valence-electron chi connectivity index (χ2n) is 9.53. The van der Waals surface area contributed by atoms with E-state index in [1.807, 2.05) is 30.0 Å². The molecule has 0 radical (unpaired) electrons. The van der Waals surface area contributed by atoms with Crippen molar-refractivity contribution in [3.05, 3.63) is 77.4 Å². The number of morpholine rings is 1. The van der Waals surface area contributed by atoms with Gasteiger partial charge >= 0.3 is 0 Å². The Morgan fingerprint density at radius 3 is 2.55 bits per heavy atom. The standard InChI is InChI=1S/C29H31FN4O4/c1-19-27(20-4-6-21(7-5-20)28(35)32-18-26-3-2-10-38-26)16-24(17-31-19)33-29(36)22-13-23(30)15-25(14-22)34-8-11-37-12-9-34/h4-7,13-17,26H,2-3,8-12,18H2,1H3,(H,32,35)(H,33,36). The number of benzene rings is 2. The van der Waals surface area contributed by atoms with Crippen LogP contribution in [-0.2, 0) is 9.47 Å². The zero-order valence-electron chi connectivity index (χ0n) is 21.3. The zero-order valence-corrected chi connectivity index (χ0v) is 21.3. The van der Waals surface area contributed by atoms with Gasteiger partial charge in [-0.15, -0.1) is 0 Å². The molecule has 0 spiro atoms. The van der Waals surface area contributed by atoms with Crippen LogP contribution >= 0.6 is 0 Å². The monoisotopic (exact) mass is 518 g/mol. The van der Waals surface area contributed by atoms with Crippen molar-refractivity contribution in [1.82, 2.24) is 10.3 Å². The summed E-state index contributed by atoms with van der Waals surface area (Å²) in [5.74, 6) is -1.04. The van der Waals surface area contributed by atoms with E-state index >= 15 is 0 Å². The molecule has 1 atom stereocenters. The Bertz CT molecular complexity index is 1300. The van der Waals surface area contributed by atoms with Gasteiger partial charge in [0.05, 0.1) is 31.2 Å². The fourth-order valence-electron chi connectivity index (χ4n) is 4.72. The normalized spacial score (nSPS) is 17.3. The largest absolute Gasteiger partial charge is 0.378 e. The fraction of sp³-hybridized carbons (Fsp3) is 0.345. The first-order chi connectivity index (χ1) is 18.5. The van der Waals surface area contributed by atoms with Gasteiger partial charge in [0.25, 0.3) is 11.8 Å². The van der Waals surface area contributed by atoms with Gasteiger partial charge < -0.3 is 25.0 Å². The lowest BCUT2D eigenvalue weighted by Crippen LogP contribution is -2.36. The number of pyridine rings is 1. The number of amides is 2. The van der Waals surface area contributed by atoms with Gasteiger partial charge in [0.1, 0.15) is 5.82 Å². The molecule has 2 fully saturated rings. The van der Waals surface area contributed by atoms with Crippen LogP contribution in [0.5, 0.6) is 0 Å². The number of nitrogens with zero attached hydrogens (tertiary/aromatic N) is 2. The first kappa shape index (κ1) is 25.8. The van der Waals surface area contributed by atoms with E-state index in [0.717, 1.165) is 36.3 Å². The number of nitrogens with one attached hydrogen (secondary N) is 2. The van der Waals surface area contributed by atoms with E-state index in [4.69, 9.17) is 9.47 Å². The van der Waals surface area contributed by atoms with Gasteiger partial charge in [0.2, 0.25) is 0 Å². The summed E-state index contributed by atoms with van der Waals surface area (Å²) in [5.41, 5.74) is 4.40. The number of halogens is 1. The van der Waals surface area contributed by atoms with Crippen LogP contribution < -0.4 is 15.5 Å².